The Kier molecular flexibility index (Phi) is 6.01. The lowest BCUT2D eigenvalue weighted by Gasteiger charge is -2.16. The van der Waals surface area contributed by atoms with Crippen LogP contribution in [0.2, 0.25) is 0 Å². The molecule has 0 spiro atoms. The molecular weight excluding hydrogens is 394 g/mol. The van der Waals surface area contributed by atoms with Crippen LogP contribution in [0.1, 0.15) is 36.2 Å². The zero-order valence-electron chi connectivity index (χ0n) is 17.7. The lowest BCUT2D eigenvalue weighted by Crippen LogP contribution is -2.22. The summed E-state index contributed by atoms with van der Waals surface area (Å²) < 4.78 is 1.77. The van der Waals surface area contributed by atoms with E-state index in [1.54, 1.807) is 10.9 Å². The van der Waals surface area contributed by atoms with Crippen molar-refractivity contribution in [2.45, 2.75) is 39.2 Å². The molecule has 3 aromatic rings. The van der Waals surface area contributed by atoms with E-state index in [-0.39, 0.29) is 24.2 Å². The normalized spacial score (nSPS) is 15.8. The van der Waals surface area contributed by atoms with Crippen LogP contribution >= 0.6 is 0 Å². The van der Waals surface area contributed by atoms with Gasteiger partial charge in [-0.15, -0.1) is 10.2 Å². The lowest BCUT2D eigenvalue weighted by molar-refractivity contribution is -0.118. The van der Waals surface area contributed by atoms with Crippen molar-refractivity contribution in [3.63, 3.8) is 0 Å². The van der Waals surface area contributed by atoms with E-state index >= 15 is 0 Å². The number of hydrogen-bond donors (Lipinski definition) is 1. The van der Waals surface area contributed by atoms with Crippen molar-refractivity contribution in [1.29, 1.82) is 0 Å². The van der Waals surface area contributed by atoms with E-state index in [9.17, 15) is 9.59 Å². The van der Waals surface area contributed by atoms with Crippen molar-refractivity contribution >= 4 is 23.3 Å². The van der Waals surface area contributed by atoms with Crippen LogP contribution in [0.25, 0.3) is 0 Å². The number of amides is 1. The first-order valence-corrected chi connectivity index (χ1v) is 10.3. The van der Waals surface area contributed by atoms with Gasteiger partial charge in [-0.1, -0.05) is 35.0 Å². The highest BCUT2D eigenvalue weighted by Crippen LogP contribution is 2.25. The third-order valence-corrected chi connectivity index (χ3v) is 5.24. The van der Waals surface area contributed by atoms with Gasteiger partial charge in [-0.3, -0.25) is 9.59 Å². The first-order valence-electron chi connectivity index (χ1n) is 10.3. The van der Waals surface area contributed by atoms with Crippen molar-refractivity contribution in [3.05, 3.63) is 59.4 Å². The molecule has 3 heterocycles. The molecule has 1 amide bonds. The first-order chi connectivity index (χ1) is 15.0. The van der Waals surface area contributed by atoms with Crippen molar-refractivity contribution in [2.75, 3.05) is 23.3 Å². The molecule has 9 heteroatoms. The monoisotopic (exact) mass is 419 g/mol. The summed E-state index contributed by atoms with van der Waals surface area (Å²) in [7, 11) is 0. The highest BCUT2D eigenvalue weighted by molar-refractivity contribution is 5.87. The quantitative estimate of drug-likeness (QED) is 0.625. The molecule has 0 radical (unpaired) electrons. The Hall–Kier alpha value is -3.62. The number of nitrogens with one attached hydrogen (secondary N) is 1. The molecule has 1 fully saturated rings. The van der Waals surface area contributed by atoms with Crippen LogP contribution in [0.15, 0.2) is 42.6 Å². The largest absolute Gasteiger partial charge is 0.353 e. The molecule has 0 saturated carbocycles. The van der Waals surface area contributed by atoms with Crippen LogP contribution < -0.4 is 10.2 Å². The van der Waals surface area contributed by atoms with Gasteiger partial charge < -0.3 is 10.2 Å². The molecule has 1 aliphatic rings. The minimum absolute atomic E-state index is 0.120. The van der Waals surface area contributed by atoms with Gasteiger partial charge in [-0.2, -0.15) is 5.10 Å². The van der Waals surface area contributed by atoms with Crippen molar-refractivity contribution in [2.24, 2.45) is 0 Å². The first kappa shape index (κ1) is 20.6. The van der Waals surface area contributed by atoms with Gasteiger partial charge in [0.2, 0.25) is 5.91 Å². The number of aromatic nitrogens is 5. The highest BCUT2D eigenvalue weighted by Gasteiger charge is 2.26. The zero-order chi connectivity index (χ0) is 21.8. The van der Waals surface area contributed by atoms with Crippen LogP contribution in [-0.4, -0.2) is 50.0 Å². The average molecular weight is 419 g/mol. The van der Waals surface area contributed by atoms with Crippen LogP contribution in [-0.2, 0) is 22.4 Å². The molecule has 4 rings (SSSR count). The summed E-state index contributed by atoms with van der Waals surface area (Å²) in [6.45, 7) is 5.00. The molecule has 1 atom stereocenters. The number of Topliss-reactive ketones (excluding diaryl/α,β-unsaturated/α-hetero) is 1. The van der Waals surface area contributed by atoms with E-state index in [0.717, 1.165) is 36.5 Å². The van der Waals surface area contributed by atoms with E-state index in [1.807, 2.05) is 43.3 Å². The van der Waals surface area contributed by atoms with E-state index in [1.165, 1.54) is 6.92 Å². The van der Waals surface area contributed by atoms with Crippen LogP contribution in [0.3, 0.4) is 0 Å². The number of carbonyl (C=O) groups is 2. The van der Waals surface area contributed by atoms with Gasteiger partial charge in [0.25, 0.3) is 0 Å². The molecule has 1 unspecified atom stereocenters. The highest BCUT2D eigenvalue weighted by atomic mass is 16.1. The van der Waals surface area contributed by atoms with Gasteiger partial charge in [0.05, 0.1) is 24.4 Å². The van der Waals surface area contributed by atoms with Gasteiger partial charge in [0, 0.05) is 26.4 Å². The Labute approximate surface area is 180 Å². The lowest BCUT2D eigenvalue weighted by atomic mass is 10.0. The Morgan fingerprint density at radius 2 is 2.00 bits per heavy atom. The molecule has 1 aromatic carbocycles. The number of benzene rings is 1. The van der Waals surface area contributed by atoms with E-state index in [4.69, 9.17) is 0 Å². The predicted octanol–water partition coefficient (Wildman–Crippen LogP) is 2.14. The number of ketones is 1. The maximum atomic E-state index is 12.4. The molecule has 31 heavy (non-hydrogen) atoms. The fourth-order valence-corrected chi connectivity index (χ4v) is 3.79. The second-order valence-electron chi connectivity index (χ2n) is 7.92. The van der Waals surface area contributed by atoms with Crippen molar-refractivity contribution in [3.8, 4) is 0 Å². The molecule has 160 valence electrons. The van der Waals surface area contributed by atoms with Crippen LogP contribution in [0, 0.1) is 6.92 Å². The maximum Gasteiger partial charge on any atom is 0.222 e. The minimum Gasteiger partial charge on any atom is -0.353 e. The van der Waals surface area contributed by atoms with Crippen molar-refractivity contribution < 1.29 is 9.59 Å². The molecule has 1 saturated heterocycles. The second kappa shape index (κ2) is 9.03. The van der Waals surface area contributed by atoms with Crippen LogP contribution in [0.5, 0.6) is 0 Å². The topological polar surface area (TPSA) is 106 Å². The van der Waals surface area contributed by atoms with Gasteiger partial charge in [-0.05, 0) is 31.0 Å². The molecule has 1 N–H and O–H groups in total. The average Bonchev–Trinajstić information content (AvgIpc) is 3.38. The maximum absolute atomic E-state index is 12.4. The number of rotatable bonds is 7. The smallest absolute Gasteiger partial charge is 0.222 e. The molecule has 1 aliphatic heterocycles. The van der Waals surface area contributed by atoms with E-state index in [2.05, 4.69) is 30.7 Å². The van der Waals surface area contributed by atoms with E-state index < -0.39 is 0 Å². The molecular formula is C22H25N7O2. The Morgan fingerprint density at radius 1 is 1.13 bits per heavy atom. The minimum atomic E-state index is -0.173. The number of nitrogens with zero attached hydrogens (tertiary/aromatic N) is 6. The van der Waals surface area contributed by atoms with E-state index in [0.29, 0.717) is 17.9 Å². The summed E-state index contributed by atoms with van der Waals surface area (Å²) in [4.78, 5) is 25.7. The Balaban J connectivity index is 1.32. The summed E-state index contributed by atoms with van der Waals surface area (Å²) in [5, 5.41) is 19.3. The number of carbonyl (C=O) groups excluding carboxylic acids is 2. The summed E-state index contributed by atoms with van der Waals surface area (Å²) in [6, 6.07) is 11.9. The fraction of sp³-hybridized carbons (Fsp3) is 0.364. The predicted molar refractivity (Wildman–Crippen MR) is 116 cm³/mol. The van der Waals surface area contributed by atoms with Gasteiger partial charge in [0.1, 0.15) is 5.78 Å². The molecule has 0 bridgehead atoms. The van der Waals surface area contributed by atoms with Crippen LogP contribution in [0.4, 0.5) is 11.6 Å². The standard InChI is InChI=1S/C22H25N7O2/c1-15-4-3-5-17(10-15)11-20(31)12-18-6-7-22(26-24-18)28-9-8-19(13-28)29-14-21(25-27-29)23-16(2)30/h3-7,10,14,19H,8-9,11-13H2,1-2H3,(H,23,30). The SMILES string of the molecule is CC(=O)Nc1cn(C2CCN(c3ccc(CC(=O)Cc4cccc(C)c4)nn3)C2)nn1. The summed E-state index contributed by atoms with van der Waals surface area (Å²) in [5.74, 6) is 1.17. The van der Waals surface area contributed by atoms with Gasteiger partial charge >= 0.3 is 0 Å². The zero-order valence-corrected chi connectivity index (χ0v) is 17.7. The van der Waals surface area contributed by atoms with Gasteiger partial charge in [-0.25, -0.2) is 4.68 Å². The number of anilines is 2. The molecule has 9 nitrogen and oxygen atoms in total. The summed E-state index contributed by atoms with van der Waals surface area (Å²) >= 11 is 0. The Morgan fingerprint density at radius 3 is 2.74 bits per heavy atom. The second-order valence-corrected chi connectivity index (χ2v) is 7.92. The number of aryl methyl sites for hydroxylation is 1. The summed E-state index contributed by atoms with van der Waals surface area (Å²) in [6.07, 6.45) is 3.30. The van der Waals surface area contributed by atoms with Crippen molar-refractivity contribution in [1.82, 2.24) is 25.2 Å². The molecule has 2 aromatic heterocycles. The fourth-order valence-electron chi connectivity index (χ4n) is 3.79. The summed E-state index contributed by atoms with van der Waals surface area (Å²) in [5.41, 5.74) is 2.84. The third kappa shape index (κ3) is 5.30. The molecule has 0 aliphatic carbocycles. The Bertz CT molecular complexity index is 1080. The number of hydrogen-bond acceptors (Lipinski definition) is 7. The van der Waals surface area contributed by atoms with Gasteiger partial charge in [0.15, 0.2) is 11.6 Å². The third-order valence-electron chi connectivity index (χ3n) is 5.24.